The van der Waals surface area contributed by atoms with Crippen LogP contribution in [0.5, 0.6) is 5.75 Å². The normalized spacial score (nSPS) is 11.9. The fourth-order valence-corrected chi connectivity index (χ4v) is 3.81. The largest absolute Gasteiger partial charge is 0.496 e. The van der Waals surface area contributed by atoms with Crippen LogP contribution in [0.2, 0.25) is 0 Å². The Hall–Kier alpha value is -3.77. The number of nitrogens with one attached hydrogen (secondary N) is 2. The van der Waals surface area contributed by atoms with E-state index in [-0.39, 0.29) is 28.3 Å². The maximum absolute atomic E-state index is 12.5. The Balaban J connectivity index is 2.08. The summed E-state index contributed by atoms with van der Waals surface area (Å²) in [6.07, 6.45) is -0.546. The molecule has 0 bridgehead atoms. The molecule has 0 aliphatic heterocycles. The van der Waals surface area contributed by atoms with Crippen LogP contribution >= 0.6 is 0 Å². The molecule has 2 aromatic rings. The van der Waals surface area contributed by atoms with Crippen molar-refractivity contribution in [3.63, 3.8) is 0 Å². The van der Waals surface area contributed by atoms with E-state index in [1.54, 1.807) is 0 Å². The van der Waals surface area contributed by atoms with Crippen molar-refractivity contribution in [3.05, 3.63) is 59.2 Å². The SMILES string of the molecule is COc1ccc(S(=O)(=O)NCc2ccc(C(=O)N[C@@H](CC(=O)O)C(C)=O)cc2)cc1C(=O)O. The van der Waals surface area contributed by atoms with Gasteiger partial charge in [0.25, 0.3) is 5.91 Å². The van der Waals surface area contributed by atoms with Gasteiger partial charge >= 0.3 is 11.9 Å². The van der Waals surface area contributed by atoms with Gasteiger partial charge in [0, 0.05) is 12.1 Å². The van der Waals surface area contributed by atoms with Gasteiger partial charge in [0.2, 0.25) is 10.0 Å². The molecule has 0 aromatic heterocycles. The van der Waals surface area contributed by atoms with Crippen molar-refractivity contribution in [2.24, 2.45) is 0 Å². The molecule has 0 radical (unpaired) electrons. The number of amides is 1. The maximum Gasteiger partial charge on any atom is 0.339 e. The molecular formula is C21H22N2O9S. The smallest absolute Gasteiger partial charge is 0.339 e. The number of methoxy groups -OCH3 is 1. The molecule has 1 atom stereocenters. The van der Waals surface area contributed by atoms with Gasteiger partial charge in [0.15, 0.2) is 5.78 Å². The number of aromatic carboxylic acids is 1. The number of carboxylic acids is 2. The predicted octanol–water partition coefficient (Wildman–Crippen LogP) is 1.03. The van der Waals surface area contributed by atoms with Crippen LogP contribution in [0.4, 0.5) is 0 Å². The van der Waals surface area contributed by atoms with Gasteiger partial charge in [0.1, 0.15) is 11.3 Å². The molecule has 0 fully saturated rings. The number of ketones is 1. The Morgan fingerprint density at radius 3 is 2.18 bits per heavy atom. The standard InChI is InChI=1S/C21H22N2O9S/c1-12(24)17(10-19(25)26)23-20(27)14-5-3-13(4-6-14)11-22-33(30,31)15-7-8-18(32-2)16(9-15)21(28)29/h3-9,17,22H,10-11H2,1-2H3,(H,23,27)(H,25,26)(H,28,29)/t17-/m0/s1. The molecule has 0 saturated heterocycles. The molecule has 0 unspecified atom stereocenters. The molecular weight excluding hydrogens is 456 g/mol. The first-order valence-electron chi connectivity index (χ1n) is 9.47. The molecule has 12 heteroatoms. The van der Waals surface area contributed by atoms with E-state index in [0.29, 0.717) is 5.56 Å². The minimum atomic E-state index is -4.04. The zero-order valence-electron chi connectivity index (χ0n) is 17.7. The van der Waals surface area contributed by atoms with Gasteiger partial charge in [-0.2, -0.15) is 0 Å². The Morgan fingerprint density at radius 2 is 1.67 bits per heavy atom. The first-order chi connectivity index (χ1) is 15.4. The average Bonchev–Trinajstić information content (AvgIpc) is 2.76. The topological polar surface area (TPSA) is 176 Å². The molecule has 4 N–H and O–H groups in total. The molecule has 11 nitrogen and oxygen atoms in total. The summed E-state index contributed by atoms with van der Waals surface area (Å²) < 4.78 is 32.3. The Bertz CT molecular complexity index is 1170. The summed E-state index contributed by atoms with van der Waals surface area (Å²) in [5.74, 6) is -3.70. The third kappa shape index (κ3) is 6.85. The van der Waals surface area contributed by atoms with Gasteiger partial charge in [-0.05, 0) is 42.8 Å². The number of carbonyl (C=O) groups excluding carboxylic acids is 2. The second-order valence-electron chi connectivity index (χ2n) is 6.92. The van der Waals surface area contributed by atoms with Crippen LogP contribution in [0.3, 0.4) is 0 Å². The molecule has 0 aliphatic rings. The summed E-state index contributed by atoms with van der Waals surface area (Å²) in [5.41, 5.74) is 0.345. The van der Waals surface area contributed by atoms with Crippen LogP contribution in [-0.4, -0.2) is 55.4 Å². The highest BCUT2D eigenvalue weighted by Crippen LogP contribution is 2.22. The minimum Gasteiger partial charge on any atom is -0.496 e. The zero-order chi connectivity index (χ0) is 24.8. The Morgan fingerprint density at radius 1 is 1.03 bits per heavy atom. The fourth-order valence-electron chi connectivity index (χ4n) is 2.77. The van der Waals surface area contributed by atoms with E-state index in [1.807, 2.05) is 0 Å². The number of benzene rings is 2. The molecule has 2 aromatic carbocycles. The van der Waals surface area contributed by atoms with E-state index in [9.17, 15) is 32.7 Å². The second-order valence-corrected chi connectivity index (χ2v) is 8.69. The molecule has 0 aliphatic carbocycles. The van der Waals surface area contributed by atoms with E-state index in [2.05, 4.69) is 10.0 Å². The zero-order valence-corrected chi connectivity index (χ0v) is 18.5. The predicted molar refractivity (Wildman–Crippen MR) is 115 cm³/mol. The van der Waals surface area contributed by atoms with Crippen molar-refractivity contribution in [2.75, 3.05) is 7.11 Å². The van der Waals surface area contributed by atoms with Crippen molar-refractivity contribution < 1.29 is 42.5 Å². The van der Waals surface area contributed by atoms with E-state index >= 15 is 0 Å². The highest BCUT2D eigenvalue weighted by atomic mass is 32.2. The highest BCUT2D eigenvalue weighted by molar-refractivity contribution is 7.89. The van der Waals surface area contributed by atoms with Crippen LogP contribution in [0.25, 0.3) is 0 Å². The summed E-state index contributed by atoms with van der Waals surface area (Å²) >= 11 is 0. The van der Waals surface area contributed by atoms with Crippen LogP contribution in [0.1, 0.15) is 39.6 Å². The third-order valence-corrected chi connectivity index (χ3v) is 5.97. The Kier molecular flexibility index (Phi) is 8.26. The van der Waals surface area contributed by atoms with Gasteiger partial charge in [-0.3, -0.25) is 14.4 Å². The molecule has 176 valence electrons. The third-order valence-electron chi connectivity index (χ3n) is 4.57. The van der Waals surface area contributed by atoms with Crippen LogP contribution < -0.4 is 14.8 Å². The van der Waals surface area contributed by atoms with Crippen LogP contribution in [-0.2, 0) is 26.2 Å². The number of rotatable bonds is 11. The second kappa shape index (κ2) is 10.7. The van der Waals surface area contributed by atoms with Gasteiger partial charge in [-0.25, -0.2) is 17.9 Å². The Labute approximate surface area is 189 Å². The van der Waals surface area contributed by atoms with Gasteiger partial charge < -0.3 is 20.3 Å². The fraction of sp³-hybridized carbons (Fsp3) is 0.238. The maximum atomic E-state index is 12.5. The number of ether oxygens (including phenoxy) is 1. The molecule has 1 amide bonds. The van der Waals surface area contributed by atoms with E-state index < -0.39 is 46.1 Å². The van der Waals surface area contributed by atoms with E-state index in [4.69, 9.17) is 9.84 Å². The van der Waals surface area contributed by atoms with Crippen molar-refractivity contribution in [2.45, 2.75) is 30.8 Å². The highest BCUT2D eigenvalue weighted by Gasteiger charge is 2.22. The van der Waals surface area contributed by atoms with Gasteiger partial charge in [-0.15, -0.1) is 0 Å². The van der Waals surface area contributed by atoms with E-state index in [1.165, 1.54) is 50.4 Å². The lowest BCUT2D eigenvalue weighted by atomic mass is 10.1. The summed E-state index contributed by atoms with van der Waals surface area (Å²) in [7, 11) is -2.78. The van der Waals surface area contributed by atoms with Gasteiger partial charge in [-0.1, -0.05) is 12.1 Å². The van der Waals surface area contributed by atoms with Crippen molar-refractivity contribution >= 4 is 33.7 Å². The number of aliphatic carboxylic acids is 1. The molecule has 0 heterocycles. The lowest BCUT2D eigenvalue weighted by Crippen LogP contribution is -2.41. The van der Waals surface area contributed by atoms with E-state index in [0.717, 1.165) is 6.07 Å². The summed E-state index contributed by atoms with van der Waals surface area (Å²) in [5, 5.41) is 20.4. The summed E-state index contributed by atoms with van der Waals surface area (Å²) in [6.45, 7) is 1.03. The number of Topliss-reactive ketones (excluding diaryl/α,β-unsaturated/α-hetero) is 1. The number of carboxylic acid groups (broad SMARTS) is 2. The lowest BCUT2D eigenvalue weighted by Gasteiger charge is -2.14. The molecule has 2 rings (SSSR count). The van der Waals surface area contributed by atoms with Crippen molar-refractivity contribution in [3.8, 4) is 5.75 Å². The number of carbonyl (C=O) groups is 4. The number of hydrogen-bond donors (Lipinski definition) is 4. The summed E-state index contributed by atoms with van der Waals surface area (Å²) in [4.78, 5) is 45.6. The first kappa shape index (κ1) is 25.5. The minimum absolute atomic E-state index is 0.0192. The molecule has 0 spiro atoms. The lowest BCUT2D eigenvalue weighted by molar-refractivity contribution is -0.139. The van der Waals surface area contributed by atoms with Crippen molar-refractivity contribution in [1.29, 1.82) is 0 Å². The van der Waals surface area contributed by atoms with Crippen LogP contribution in [0.15, 0.2) is 47.4 Å². The van der Waals surface area contributed by atoms with Crippen molar-refractivity contribution in [1.82, 2.24) is 10.0 Å². The van der Waals surface area contributed by atoms with Crippen LogP contribution in [0, 0.1) is 0 Å². The number of hydrogen-bond acceptors (Lipinski definition) is 7. The molecule has 0 saturated carbocycles. The monoisotopic (exact) mass is 478 g/mol. The summed E-state index contributed by atoms with van der Waals surface area (Å²) in [6, 6.07) is 8.02. The first-order valence-corrected chi connectivity index (χ1v) is 11.0. The van der Waals surface area contributed by atoms with Gasteiger partial charge in [0.05, 0.1) is 24.5 Å². The molecule has 33 heavy (non-hydrogen) atoms. The number of sulfonamides is 1. The average molecular weight is 478 g/mol. The quantitative estimate of drug-likeness (QED) is 0.367.